The summed E-state index contributed by atoms with van der Waals surface area (Å²) in [5.41, 5.74) is 4.32. The lowest BCUT2D eigenvalue weighted by atomic mass is 9.71. The maximum Gasteiger partial charge on any atom is 0.326 e. The quantitative estimate of drug-likeness (QED) is 0.229. The van der Waals surface area contributed by atoms with Gasteiger partial charge < -0.3 is 15.4 Å². The van der Waals surface area contributed by atoms with Gasteiger partial charge in [0.15, 0.2) is 9.84 Å². The summed E-state index contributed by atoms with van der Waals surface area (Å²) in [4.78, 5) is 37.6. The van der Waals surface area contributed by atoms with E-state index in [9.17, 15) is 13.2 Å². The lowest BCUT2D eigenvalue weighted by molar-refractivity contribution is -0.118. The predicted molar refractivity (Wildman–Crippen MR) is 207 cm³/mol. The summed E-state index contributed by atoms with van der Waals surface area (Å²) in [6.45, 7) is 13.8. The Morgan fingerprint density at radius 3 is 1.98 bits per heavy atom. The van der Waals surface area contributed by atoms with Crippen LogP contribution >= 0.6 is 34.8 Å². The van der Waals surface area contributed by atoms with E-state index in [1.165, 1.54) is 12.1 Å². The van der Waals surface area contributed by atoms with E-state index >= 15 is 4.79 Å². The monoisotopic (exact) mass is 789 g/mol. The third-order valence-electron chi connectivity index (χ3n) is 9.79. The van der Waals surface area contributed by atoms with Crippen LogP contribution < -0.4 is 10.5 Å². The van der Waals surface area contributed by atoms with Gasteiger partial charge in [-0.25, -0.2) is 13.2 Å². The van der Waals surface area contributed by atoms with Crippen molar-refractivity contribution in [1.82, 2.24) is 14.7 Å². The highest BCUT2D eigenvalue weighted by molar-refractivity contribution is 7.91. The third-order valence-corrected chi connectivity index (χ3v) is 13.0. The highest BCUT2D eigenvalue weighted by Gasteiger charge is 2.60. The smallest absolute Gasteiger partial charge is 0.326 e. The molecular formula is C38H46Cl3N5O5S. The van der Waals surface area contributed by atoms with Crippen molar-refractivity contribution in [2.24, 2.45) is 16.1 Å². The number of carbonyl (C=O) groups is 2. The molecule has 0 bridgehead atoms. The van der Waals surface area contributed by atoms with Crippen molar-refractivity contribution in [1.29, 1.82) is 0 Å². The first-order chi connectivity index (χ1) is 24.3. The fraction of sp³-hybridized carbons (Fsp3) is 0.447. The van der Waals surface area contributed by atoms with Crippen LogP contribution in [0, 0.1) is 5.41 Å². The van der Waals surface area contributed by atoms with Crippen LogP contribution in [-0.4, -0.2) is 86.0 Å². The van der Waals surface area contributed by atoms with E-state index in [2.05, 4.69) is 4.90 Å². The number of amides is 3. The van der Waals surface area contributed by atoms with Crippen LogP contribution in [-0.2, 0) is 25.7 Å². The van der Waals surface area contributed by atoms with E-state index in [0.717, 1.165) is 11.1 Å². The molecule has 1 fully saturated rings. The Kier molecular flexibility index (Phi) is 11.6. The number of rotatable bonds is 10. The first-order valence-electron chi connectivity index (χ1n) is 17.2. The number of ether oxygens (including phenoxy) is 1. The number of piperazine rings is 1. The van der Waals surface area contributed by atoms with E-state index in [1.54, 1.807) is 34.1 Å². The Morgan fingerprint density at radius 1 is 0.904 bits per heavy atom. The maximum absolute atomic E-state index is 15.2. The molecule has 2 aliphatic heterocycles. The lowest BCUT2D eigenvalue weighted by Gasteiger charge is -2.47. The van der Waals surface area contributed by atoms with Crippen LogP contribution in [0.1, 0.15) is 64.7 Å². The van der Waals surface area contributed by atoms with Gasteiger partial charge in [-0.2, -0.15) is 0 Å². The van der Waals surface area contributed by atoms with Gasteiger partial charge in [0.2, 0.25) is 5.91 Å². The van der Waals surface area contributed by atoms with Gasteiger partial charge in [-0.05, 0) is 67.6 Å². The molecule has 5 rings (SSSR count). The van der Waals surface area contributed by atoms with Crippen molar-refractivity contribution in [3.05, 3.63) is 92.4 Å². The van der Waals surface area contributed by atoms with E-state index in [1.807, 2.05) is 65.8 Å². The van der Waals surface area contributed by atoms with Crippen molar-refractivity contribution in [3.8, 4) is 5.75 Å². The van der Waals surface area contributed by atoms with E-state index in [-0.39, 0.29) is 52.2 Å². The Morgan fingerprint density at radius 2 is 1.46 bits per heavy atom. The number of amidine groups is 1. The van der Waals surface area contributed by atoms with Crippen LogP contribution in [0.15, 0.2) is 70.6 Å². The number of nitrogens with zero attached hydrogens (tertiary/aromatic N) is 4. The van der Waals surface area contributed by atoms with Crippen LogP contribution in [0.25, 0.3) is 0 Å². The largest absolute Gasteiger partial charge is 0.493 e. The van der Waals surface area contributed by atoms with Gasteiger partial charge in [-0.3, -0.25) is 19.6 Å². The van der Waals surface area contributed by atoms with Crippen LogP contribution in [0.4, 0.5) is 4.79 Å². The predicted octanol–water partition coefficient (Wildman–Crippen LogP) is 7.37. The average Bonchev–Trinajstić information content (AvgIpc) is 3.31. The SMILES string of the molecule is CCOc1cc(Cl)c(S(=O)(=O)CC(C)(C)C)cc1C1=N[C@@](C)(c2ccc(Cl)cc2)[C@@](C)(c2ccc(Cl)cc2)N1C(=O)N1CCN(CCC(N)=O)CC1. The van der Waals surface area contributed by atoms with Crippen molar-refractivity contribution in [2.75, 3.05) is 45.1 Å². The second-order valence-corrected chi connectivity index (χ2v) is 18.0. The topological polar surface area (TPSA) is 126 Å². The zero-order valence-electron chi connectivity index (χ0n) is 30.4. The molecule has 0 saturated carbocycles. The molecule has 0 aromatic heterocycles. The molecule has 3 aromatic carbocycles. The summed E-state index contributed by atoms with van der Waals surface area (Å²) in [5, 5.41) is 1.07. The molecule has 3 amide bonds. The molecule has 2 heterocycles. The molecule has 2 atom stereocenters. The number of aliphatic imine (C=N–C) groups is 1. The van der Waals surface area contributed by atoms with Gasteiger partial charge in [-0.15, -0.1) is 0 Å². The van der Waals surface area contributed by atoms with Crippen molar-refractivity contribution in [2.45, 2.75) is 63.9 Å². The number of nitrogens with two attached hydrogens (primary N) is 1. The molecule has 0 aliphatic carbocycles. The van der Waals surface area contributed by atoms with Crippen LogP contribution in [0.2, 0.25) is 15.1 Å². The number of urea groups is 1. The van der Waals surface area contributed by atoms with E-state index in [4.69, 9.17) is 50.3 Å². The third kappa shape index (κ3) is 7.94. The van der Waals surface area contributed by atoms with Gasteiger partial charge in [0, 0.05) is 55.3 Å². The fourth-order valence-electron chi connectivity index (χ4n) is 7.01. The van der Waals surface area contributed by atoms with Gasteiger partial charge in [0.05, 0.1) is 27.8 Å². The van der Waals surface area contributed by atoms with Crippen LogP contribution in [0.3, 0.4) is 0 Å². The molecule has 0 radical (unpaired) electrons. The van der Waals surface area contributed by atoms with Crippen molar-refractivity contribution < 1.29 is 22.7 Å². The highest BCUT2D eigenvalue weighted by atomic mass is 35.5. The molecule has 280 valence electrons. The number of benzene rings is 3. The molecule has 52 heavy (non-hydrogen) atoms. The van der Waals surface area contributed by atoms with Gasteiger partial charge >= 0.3 is 6.03 Å². The average molecular weight is 791 g/mol. The minimum atomic E-state index is -3.90. The Hall–Kier alpha value is -3.35. The zero-order chi connectivity index (χ0) is 38.2. The summed E-state index contributed by atoms with van der Waals surface area (Å²) >= 11 is 19.5. The van der Waals surface area contributed by atoms with Gasteiger partial charge in [-0.1, -0.05) is 79.8 Å². The minimum absolute atomic E-state index is 0.0148. The number of hydrogen-bond acceptors (Lipinski definition) is 7. The molecule has 3 aromatic rings. The van der Waals surface area contributed by atoms with Gasteiger partial charge in [0.1, 0.15) is 22.7 Å². The number of sulfone groups is 1. The van der Waals surface area contributed by atoms with Crippen molar-refractivity contribution in [3.63, 3.8) is 0 Å². The number of hydrogen-bond donors (Lipinski definition) is 1. The molecule has 14 heteroatoms. The Bertz CT molecular complexity index is 1960. The molecule has 10 nitrogen and oxygen atoms in total. The summed E-state index contributed by atoms with van der Waals surface area (Å²) in [5.74, 6) is -0.0291. The maximum atomic E-state index is 15.2. The standard InChI is InChI=1S/C38H46Cl3N5O5S/c1-7-51-31-23-30(41)32(52(49,50)24-36(2,3)4)22-29(31)34-43-37(5,25-8-12-27(39)13-9-25)38(6,26-10-14-28(40)15-11-26)46(34)35(48)45-20-18-44(19-21-45)17-16-33(42)47/h8-15,22-23H,7,16-21,24H2,1-6H3,(H2,42,47)/t37-,38+/m0/s1. The van der Waals surface area contributed by atoms with E-state index < -0.39 is 26.3 Å². The van der Waals surface area contributed by atoms with Crippen LogP contribution in [0.5, 0.6) is 5.75 Å². The normalized spacial score (nSPS) is 21.3. The molecular weight excluding hydrogens is 745 g/mol. The second-order valence-electron chi connectivity index (χ2n) is 14.8. The minimum Gasteiger partial charge on any atom is -0.493 e. The summed E-state index contributed by atoms with van der Waals surface area (Å²) < 4.78 is 34.0. The van der Waals surface area contributed by atoms with Crippen molar-refractivity contribution >= 4 is 62.4 Å². The molecule has 2 aliphatic rings. The lowest BCUT2D eigenvalue weighted by Crippen LogP contribution is -2.60. The summed E-state index contributed by atoms with van der Waals surface area (Å²) in [6.07, 6.45) is 0.224. The number of carbonyl (C=O) groups excluding carboxylic acids is 2. The fourth-order valence-corrected chi connectivity index (χ4v) is 9.72. The Balaban J connectivity index is 1.77. The van der Waals surface area contributed by atoms with Gasteiger partial charge in [0.25, 0.3) is 0 Å². The number of primary amides is 1. The van der Waals surface area contributed by atoms with E-state index in [0.29, 0.717) is 48.3 Å². The number of halogens is 3. The first-order valence-corrected chi connectivity index (χ1v) is 20.0. The Labute approximate surface area is 321 Å². The molecule has 0 spiro atoms. The second kappa shape index (κ2) is 15.2. The summed E-state index contributed by atoms with van der Waals surface area (Å²) in [6, 6.07) is 17.3. The first kappa shape index (κ1) is 39.8. The molecule has 2 N–H and O–H groups in total. The molecule has 1 saturated heterocycles. The highest BCUT2D eigenvalue weighted by Crippen LogP contribution is 2.54. The zero-order valence-corrected chi connectivity index (χ0v) is 33.5. The summed E-state index contributed by atoms with van der Waals surface area (Å²) in [7, 11) is -3.90. The molecule has 0 unspecified atom stereocenters.